The van der Waals surface area contributed by atoms with Gasteiger partial charge >= 0.3 is 5.69 Å². The molecule has 1 amide bonds. The molecule has 2 aromatic rings. The van der Waals surface area contributed by atoms with Gasteiger partial charge in [0.25, 0.3) is 5.91 Å². The molecule has 0 saturated carbocycles. The number of nitrogens with one attached hydrogen (secondary N) is 1. The van der Waals surface area contributed by atoms with Gasteiger partial charge in [-0.3, -0.25) is 19.9 Å². The van der Waals surface area contributed by atoms with Gasteiger partial charge in [-0.25, -0.2) is 5.43 Å². The van der Waals surface area contributed by atoms with Crippen LogP contribution in [0.1, 0.15) is 15.9 Å². The van der Waals surface area contributed by atoms with Crippen molar-refractivity contribution in [3.8, 4) is 11.5 Å². The maximum atomic E-state index is 12.0. The highest BCUT2D eigenvalue weighted by molar-refractivity contribution is 9.10. The number of amides is 1. The second kappa shape index (κ2) is 8.20. The normalized spacial score (nSPS) is 10.5. The van der Waals surface area contributed by atoms with Gasteiger partial charge in [-0.15, -0.1) is 0 Å². The first-order valence-electron chi connectivity index (χ1n) is 6.80. The number of aromatic nitrogens is 1. The van der Waals surface area contributed by atoms with Crippen molar-refractivity contribution in [2.45, 2.75) is 0 Å². The van der Waals surface area contributed by atoms with Crippen LogP contribution in [0.5, 0.6) is 11.5 Å². The molecule has 0 saturated heterocycles. The monoisotopic (exact) mass is 408 g/mol. The zero-order valence-electron chi connectivity index (χ0n) is 13.2. The summed E-state index contributed by atoms with van der Waals surface area (Å²) >= 11 is 3.22. The Hall–Kier alpha value is -3.01. The van der Waals surface area contributed by atoms with E-state index in [-0.39, 0.29) is 11.4 Å². The summed E-state index contributed by atoms with van der Waals surface area (Å²) in [6.07, 6.45) is 4.17. The van der Waals surface area contributed by atoms with Crippen molar-refractivity contribution in [2.75, 3.05) is 14.2 Å². The van der Waals surface area contributed by atoms with Gasteiger partial charge in [0.15, 0.2) is 0 Å². The molecular weight excluding hydrogens is 396 g/mol. The Labute approximate surface area is 150 Å². The summed E-state index contributed by atoms with van der Waals surface area (Å²) in [5, 5.41) is 14.9. The van der Waals surface area contributed by atoms with E-state index in [2.05, 4.69) is 31.4 Å². The Balaban J connectivity index is 2.23. The van der Waals surface area contributed by atoms with Crippen molar-refractivity contribution in [3.05, 3.63) is 56.3 Å². The number of hydrogen-bond donors (Lipinski definition) is 1. The molecule has 0 fully saturated rings. The molecular formula is C15H13BrN4O5. The van der Waals surface area contributed by atoms with Crippen molar-refractivity contribution in [3.63, 3.8) is 0 Å². The number of halogens is 1. The molecule has 9 nitrogen and oxygen atoms in total. The molecule has 0 bridgehead atoms. The fourth-order valence-electron chi connectivity index (χ4n) is 1.91. The van der Waals surface area contributed by atoms with Crippen LogP contribution in [-0.2, 0) is 0 Å². The molecule has 0 spiro atoms. The van der Waals surface area contributed by atoms with E-state index >= 15 is 0 Å². The van der Waals surface area contributed by atoms with Gasteiger partial charge < -0.3 is 9.47 Å². The van der Waals surface area contributed by atoms with E-state index in [1.165, 1.54) is 38.8 Å². The van der Waals surface area contributed by atoms with Crippen LogP contribution < -0.4 is 14.9 Å². The SMILES string of the molecule is COc1cc(OC)c([N+](=O)[O-])cc1/C=N\NC(=O)c1cncc(Br)c1. The smallest absolute Gasteiger partial charge is 0.311 e. The summed E-state index contributed by atoms with van der Waals surface area (Å²) in [7, 11) is 2.73. The van der Waals surface area contributed by atoms with Crippen LogP contribution in [0, 0.1) is 10.1 Å². The fourth-order valence-corrected chi connectivity index (χ4v) is 2.28. The van der Waals surface area contributed by atoms with Gasteiger partial charge in [0.05, 0.1) is 30.9 Å². The van der Waals surface area contributed by atoms with E-state index in [0.717, 1.165) is 0 Å². The zero-order valence-corrected chi connectivity index (χ0v) is 14.8. The number of carbonyl (C=O) groups is 1. The number of pyridine rings is 1. The van der Waals surface area contributed by atoms with Crippen molar-refractivity contribution in [1.82, 2.24) is 10.4 Å². The van der Waals surface area contributed by atoms with Crippen LogP contribution in [0.3, 0.4) is 0 Å². The van der Waals surface area contributed by atoms with Gasteiger partial charge in [0, 0.05) is 34.6 Å². The number of nitro benzene ring substituents is 1. The summed E-state index contributed by atoms with van der Waals surface area (Å²) in [6, 6.07) is 4.20. The molecule has 1 aromatic heterocycles. The average molecular weight is 409 g/mol. The molecule has 1 N–H and O–H groups in total. The van der Waals surface area contributed by atoms with Crippen LogP contribution >= 0.6 is 15.9 Å². The molecule has 10 heteroatoms. The number of nitrogens with zero attached hydrogens (tertiary/aromatic N) is 3. The van der Waals surface area contributed by atoms with Crippen molar-refractivity contribution < 1.29 is 19.2 Å². The van der Waals surface area contributed by atoms with Gasteiger partial charge in [-0.1, -0.05) is 0 Å². The number of hydrazone groups is 1. The summed E-state index contributed by atoms with van der Waals surface area (Å²) in [5.41, 5.74) is 2.69. The van der Waals surface area contributed by atoms with E-state index < -0.39 is 10.8 Å². The van der Waals surface area contributed by atoms with Crippen LogP contribution in [-0.4, -0.2) is 36.2 Å². The molecule has 0 atom stereocenters. The molecule has 25 heavy (non-hydrogen) atoms. The third-order valence-electron chi connectivity index (χ3n) is 3.06. The van der Waals surface area contributed by atoms with E-state index in [4.69, 9.17) is 9.47 Å². The summed E-state index contributed by atoms with van der Waals surface area (Å²) < 4.78 is 10.8. The van der Waals surface area contributed by atoms with Crippen LogP contribution in [0.25, 0.3) is 0 Å². The highest BCUT2D eigenvalue weighted by atomic mass is 79.9. The molecule has 1 aromatic carbocycles. The minimum atomic E-state index is -0.582. The highest BCUT2D eigenvalue weighted by Gasteiger charge is 2.18. The first kappa shape index (κ1) is 18.3. The van der Waals surface area contributed by atoms with E-state index in [1.807, 2.05) is 0 Å². The van der Waals surface area contributed by atoms with Gasteiger partial charge in [-0.05, 0) is 22.0 Å². The maximum absolute atomic E-state index is 12.0. The molecule has 130 valence electrons. The van der Waals surface area contributed by atoms with Gasteiger partial charge in [-0.2, -0.15) is 5.10 Å². The molecule has 0 radical (unpaired) electrons. The molecule has 1 heterocycles. The Morgan fingerprint density at radius 2 is 2.00 bits per heavy atom. The Morgan fingerprint density at radius 1 is 1.28 bits per heavy atom. The van der Waals surface area contributed by atoms with Crippen molar-refractivity contribution >= 4 is 33.7 Å². The lowest BCUT2D eigenvalue weighted by Gasteiger charge is -2.08. The average Bonchev–Trinajstić information content (AvgIpc) is 2.60. The van der Waals surface area contributed by atoms with Gasteiger partial charge in [0.2, 0.25) is 5.75 Å². The predicted octanol–water partition coefficient (Wildman–Crippen LogP) is 2.53. The lowest BCUT2D eigenvalue weighted by atomic mass is 10.1. The Kier molecular flexibility index (Phi) is 6.01. The summed E-state index contributed by atoms with van der Waals surface area (Å²) in [6.45, 7) is 0. The van der Waals surface area contributed by atoms with E-state index in [1.54, 1.807) is 12.3 Å². The molecule has 0 aliphatic carbocycles. The van der Waals surface area contributed by atoms with Crippen LogP contribution in [0.2, 0.25) is 0 Å². The van der Waals surface area contributed by atoms with Crippen molar-refractivity contribution in [2.24, 2.45) is 5.10 Å². The fraction of sp³-hybridized carbons (Fsp3) is 0.133. The van der Waals surface area contributed by atoms with E-state index in [9.17, 15) is 14.9 Å². The molecule has 0 aliphatic rings. The van der Waals surface area contributed by atoms with Gasteiger partial charge in [0.1, 0.15) is 5.75 Å². The van der Waals surface area contributed by atoms with E-state index in [0.29, 0.717) is 21.3 Å². The minimum Gasteiger partial charge on any atom is -0.496 e. The number of rotatable bonds is 6. The molecule has 0 aliphatic heterocycles. The lowest BCUT2D eigenvalue weighted by molar-refractivity contribution is -0.385. The number of methoxy groups -OCH3 is 2. The van der Waals surface area contributed by atoms with Crippen molar-refractivity contribution in [1.29, 1.82) is 0 Å². The first-order chi connectivity index (χ1) is 12.0. The molecule has 0 unspecified atom stereocenters. The number of nitro groups is 1. The lowest BCUT2D eigenvalue weighted by Crippen LogP contribution is -2.17. The largest absolute Gasteiger partial charge is 0.496 e. The minimum absolute atomic E-state index is 0.0586. The number of benzene rings is 1. The Morgan fingerprint density at radius 3 is 2.60 bits per heavy atom. The highest BCUT2D eigenvalue weighted by Crippen LogP contribution is 2.33. The number of carbonyl (C=O) groups excluding carboxylic acids is 1. The summed E-state index contributed by atoms with van der Waals surface area (Å²) in [5.74, 6) is -0.111. The van der Waals surface area contributed by atoms with Crippen LogP contribution in [0.15, 0.2) is 40.2 Å². The first-order valence-corrected chi connectivity index (χ1v) is 7.60. The number of ether oxygens (including phenoxy) is 2. The predicted molar refractivity (Wildman–Crippen MR) is 93.2 cm³/mol. The van der Waals surface area contributed by atoms with Crippen LogP contribution in [0.4, 0.5) is 5.69 Å². The second-order valence-corrected chi connectivity index (χ2v) is 5.53. The third kappa shape index (κ3) is 4.51. The third-order valence-corrected chi connectivity index (χ3v) is 3.50. The standard InChI is InChI=1S/C15H13BrN4O5/c1-24-13-5-14(25-2)12(20(22)23)4-9(13)7-18-19-15(21)10-3-11(16)8-17-6-10/h3-8H,1-2H3,(H,19,21)/b18-7-. The number of hydrogen-bond acceptors (Lipinski definition) is 7. The molecule has 2 rings (SSSR count). The quantitative estimate of drug-likeness (QED) is 0.445. The zero-order chi connectivity index (χ0) is 18.4. The second-order valence-electron chi connectivity index (χ2n) is 4.61. The topological polar surface area (TPSA) is 116 Å². The Bertz CT molecular complexity index is 841. The summed E-state index contributed by atoms with van der Waals surface area (Å²) in [4.78, 5) is 26.4. The maximum Gasteiger partial charge on any atom is 0.311 e.